The Bertz CT molecular complexity index is 126. The lowest BCUT2D eigenvalue weighted by Gasteiger charge is -2.15. The third-order valence-corrected chi connectivity index (χ3v) is 3.97. The fourth-order valence-corrected chi connectivity index (χ4v) is 3.13. The van der Waals surface area contributed by atoms with E-state index in [2.05, 4.69) is 23.6 Å². The first-order chi connectivity index (χ1) is 6.33. The molecule has 1 rings (SSSR count). The van der Waals surface area contributed by atoms with E-state index in [0.717, 1.165) is 17.6 Å². The summed E-state index contributed by atoms with van der Waals surface area (Å²) in [4.78, 5) is 2.57. The summed E-state index contributed by atoms with van der Waals surface area (Å²) in [5, 5.41) is 0.736. The second kappa shape index (κ2) is 6.97. The number of hydrogen-bond donors (Lipinski definition) is 0. The molecule has 1 fully saturated rings. The first kappa shape index (κ1) is 11.7. The van der Waals surface area contributed by atoms with E-state index in [0.29, 0.717) is 0 Å². The molecule has 0 aliphatic carbocycles. The number of thioether (sulfide) groups is 1. The topological polar surface area (TPSA) is 3.24 Å². The lowest BCUT2D eigenvalue weighted by atomic mass is 10.4. The quantitative estimate of drug-likeness (QED) is 0.635. The van der Waals surface area contributed by atoms with Crippen molar-refractivity contribution >= 4 is 23.4 Å². The molecule has 0 aromatic rings. The van der Waals surface area contributed by atoms with Crippen LogP contribution in [0.15, 0.2) is 0 Å². The lowest BCUT2D eigenvalue weighted by molar-refractivity contribution is 0.362. The molecule has 1 aliphatic rings. The van der Waals surface area contributed by atoms with Gasteiger partial charge in [-0.05, 0) is 32.4 Å². The van der Waals surface area contributed by atoms with Crippen LogP contribution in [0.4, 0.5) is 0 Å². The third kappa shape index (κ3) is 5.14. The van der Waals surface area contributed by atoms with Gasteiger partial charge in [0.2, 0.25) is 0 Å². The fraction of sp³-hybridized carbons (Fsp3) is 1.00. The van der Waals surface area contributed by atoms with Crippen LogP contribution in [0.1, 0.15) is 26.2 Å². The van der Waals surface area contributed by atoms with Gasteiger partial charge in [0.25, 0.3) is 0 Å². The van der Waals surface area contributed by atoms with Crippen LogP contribution in [0.5, 0.6) is 0 Å². The Hall–Kier alpha value is 0.600. The summed E-state index contributed by atoms with van der Waals surface area (Å²) in [6.07, 6.45) is 3.95. The Balaban J connectivity index is 1.93. The zero-order valence-corrected chi connectivity index (χ0v) is 10.0. The van der Waals surface area contributed by atoms with Crippen molar-refractivity contribution in [3.8, 4) is 0 Å². The molecule has 1 heterocycles. The molecule has 78 valence electrons. The van der Waals surface area contributed by atoms with Gasteiger partial charge in [-0.1, -0.05) is 6.92 Å². The summed E-state index contributed by atoms with van der Waals surface area (Å²) in [5.41, 5.74) is 0. The number of likely N-dealkylation sites (tertiary alicyclic amines) is 1. The van der Waals surface area contributed by atoms with Crippen LogP contribution in [0.25, 0.3) is 0 Å². The summed E-state index contributed by atoms with van der Waals surface area (Å²) in [6.45, 7) is 6.20. The molecular formula is C10H20ClNS. The van der Waals surface area contributed by atoms with Crippen molar-refractivity contribution in [1.82, 2.24) is 4.90 Å². The molecule has 0 saturated carbocycles. The zero-order valence-electron chi connectivity index (χ0n) is 8.47. The van der Waals surface area contributed by atoms with Crippen LogP contribution in [0.3, 0.4) is 0 Å². The van der Waals surface area contributed by atoms with E-state index < -0.39 is 0 Å². The molecule has 1 aliphatic heterocycles. The standard InChI is InChI=1S/C10H20ClNS/c1-10(4-5-11)13-9-8-12-6-2-3-7-12/h10H,2-9H2,1H3. The molecule has 0 aromatic heterocycles. The molecule has 0 spiro atoms. The molecule has 3 heteroatoms. The van der Waals surface area contributed by atoms with Gasteiger partial charge in [0.15, 0.2) is 0 Å². The number of nitrogens with zero attached hydrogens (tertiary/aromatic N) is 1. The molecule has 0 N–H and O–H groups in total. The molecule has 1 unspecified atom stereocenters. The van der Waals surface area contributed by atoms with Gasteiger partial charge in [-0.15, -0.1) is 11.6 Å². The maximum absolute atomic E-state index is 5.68. The minimum absolute atomic E-state index is 0.736. The van der Waals surface area contributed by atoms with Crippen LogP contribution in [-0.2, 0) is 0 Å². The van der Waals surface area contributed by atoms with Crippen molar-refractivity contribution in [2.45, 2.75) is 31.4 Å². The van der Waals surface area contributed by atoms with E-state index in [1.165, 1.54) is 38.2 Å². The van der Waals surface area contributed by atoms with Crippen LogP contribution in [-0.4, -0.2) is 41.4 Å². The van der Waals surface area contributed by atoms with Crippen LogP contribution >= 0.6 is 23.4 Å². The van der Waals surface area contributed by atoms with Gasteiger partial charge in [-0.25, -0.2) is 0 Å². The molecule has 0 aromatic carbocycles. The molecular weight excluding hydrogens is 202 g/mol. The predicted octanol–water partition coefficient (Wildman–Crippen LogP) is 2.83. The minimum atomic E-state index is 0.736. The second-order valence-electron chi connectivity index (χ2n) is 3.71. The third-order valence-electron chi connectivity index (χ3n) is 2.52. The number of alkyl halides is 1. The van der Waals surface area contributed by atoms with E-state index >= 15 is 0 Å². The van der Waals surface area contributed by atoms with E-state index in [1.54, 1.807) is 0 Å². The van der Waals surface area contributed by atoms with E-state index in [-0.39, 0.29) is 0 Å². The highest BCUT2D eigenvalue weighted by atomic mass is 35.5. The van der Waals surface area contributed by atoms with Gasteiger partial charge >= 0.3 is 0 Å². The number of hydrogen-bond acceptors (Lipinski definition) is 2. The summed E-state index contributed by atoms with van der Waals surface area (Å²) in [5.74, 6) is 2.08. The number of rotatable bonds is 6. The highest BCUT2D eigenvalue weighted by Crippen LogP contribution is 2.16. The normalized spacial score (nSPS) is 20.8. The van der Waals surface area contributed by atoms with Crippen molar-refractivity contribution < 1.29 is 0 Å². The fourth-order valence-electron chi connectivity index (χ4n) is 1.63. The van der Waals surface area contributed by atoms with E-state index in [4.69, 9.17) is 11.6 Å². The van der Waals surface area contributed by atoms with Crippen LogP contribution in [0, 0.1) is 0 Å². The van der Waals surface area contributed by atoms with Crippen molar-refractivity contribution in [2.24, 2.45) is 0 Å². The second-order valence-corrected chi connectivity index (χ2v) is 5.63. The maximum atomic E-state index is 5.68. The van der Waals surface area contributed by atoms with Crippen molar-refractivity contribution in [1.29, 1.82) is 0 Å². The van der Waals surface area contributed by atoms with Gasteiger partial charge in [0.05, 0.1) is 0 Å². The van der Waals surface area contributed by atoms with Gasteiger partial charge in [0, 0.05) is 23.4 Å². The molecule has 13 heavy (non-hydrogen) atoms. The average molecular weight is 222 g/mol. The van der Waals surface area contributed by atoms with Gasteiger partial charge in [-0.2, -0.15) is 11.8 Å². The monoisotopic (exact) mass is 221 g/mol. The first-order valence-corrected chi connectivity index (χ1v) is 6.81. The molecule has 0 bridgehead atoms. The lowest BCUT2D eigenvalue weighted by Crippen LogP contribution is -2.22. The van der Waals surface area contributed by atoms with Crippen LogP contribution in [0.2, 0.25) is 0 Å². The Morgan fingerprint density at radius 2 is 2.08 bits per heavy atom. The van der Waals surface area contributed by atoms with Crippen LogP contribution < -0.4 is 0 Å². The molecule has 1 saturated heterocycles. The molecule has 1 nitrogen and oxygen atoms in total. The van der Waals surface area contributed by atoms with Gasteiger partial charge in [0.1, 0.15) is 0 Å². The van der Waals surface area contributed by atoms with E-state index in [9.17, 15) is 0 Å². The summed E-state index contributed by atoms with van der Waals surface area (Å²) in [6, 6.07) is 0. The molecule has 1 atom stereocenters. The van der Waals surface area contributed by atoms with Crippen molar-refractivity contribution in [2.75, 3.05) is 31.3 Å². The molecule has 0 amide bonds. The van der Waals surface area contributed by atoms with Gasteiger partial charge in [-0.3, -0.25) is 0 Å². The summed E-state index contributed by atoms with van der Waals surface area (Å²) >= 11 is 7.74. The van der Waals surface area contributed by atoms with Crippen molar-refractivity contribution in [3.05, 3.63) is 0 Å². The minimum Gasteiger partial charge on any atom is -0.303 e. The highest BCUT2D eigenvalue weighted by molar-refractivity contribution is 7.99. The summed E-state index contributed by atoms with van der Waals surface area (Å²) in [7, 11) is 0. The summed E-state index contributed by atoms with van der Waals surface area (Å²) < 4.78 is 0. The molecule has 0 radical (unpaired) electrons. The number of halogens is 1. The Morgan fingerprint density at radius 3 is 2.69 bits per heavy atom. The SMILES string of the molecule is CC(CCCl)SCCN1CCCC1. The first-order valence-electron chi connectivity index (χ1n) is 5.23. The highest BCUT2D eigenvalue weighted by Gasteiger charge is 2.11. The Labute approximate surface area is 91.2 Å². The Kier molecular flexibility index (Phi) is 6.26. The smallest absolute Gasteiger partial charge is 0.0233 e. The largest absolute Gasteiger partial charge is 0.303 e. The maximum Gasteiger partial charge on any atom is 0.0233 e. The average Bonchev–Trinajstić information content (AvgIpc) is 2.57. The predicted molar refractivity (Wildman–Crippen MR) is 62.9 cm³/mol. The zero-order chi connectivity index (χ0) is 9.52. The van der Waals surface area contributed by atoms with E-state index in [1.807, 2.05) is 0 Å². The Morgan fingerprint density at radius 1 is 1.38 bits per heavy atom. The van der Waals surface area contributed by atoms with Gasteiger partial charge < -0.3 is 4.90 Å². The van der Waals surface area contributed by atoms with Crippen molar-refractivity contribution in [3.63, 3.8) is 0 Å².